The zero-order valence-electron chi connectivity index (χ0n) is 39.3. The smallest absolute Gasteiger partial charge is 0.323 e. The van der Waals surface area contributed by atoms with Crippen molar-refractivity contribution < 1.29 is 66.6 Å². The van der Waals surface area contributed by atoms with E-state index in [4.69, 9.17) is 9.41 Å². The highest BCUT2D eigenvalue weighted by Crippen LogP contribution is 2.44. The molecule has 0 saturated carbocycles. The van der Waals surface area contributed by atoms with Gasteiger partial charge in [-0.25, -0.2) is 14.6 Å². The number of urea groups is 2. The van der Waals surface area contributed by atoms with Crippen LogP contribution in [0, 0.1) is 55.4 Å². The zero-order chi connectivity index (χ0) is 51.7. The molecule has 4 aromatic carbocycles. The quantitative estimate of drug-likeness (QED) is 0.0358. The van der Waals surface area contributed by atoms with Crippen LogP contribution in [0.25, 0.3) is 33.4 Å². The van der Waals surface area contributed by atoms with E-state index in [0.29, 0.717) is 110 Å². The van der Waals surface area contributed by atoms with Crippen molar-refractivity contribution >= 4 is 85.5 Å². The molecule has 2 aliphatic rings. The maximum absolute atomic E-state index is 13.2. The molecular weight excluding hydrogens is 929 g/mol. The number of benzene rings is 5. The Morgan fingerprint density at radius 2 is 1.03 bits per heavy atom. The van der Waals surface area contributed by atoms with Crippen LogP contribution in [0.4, 0.5) is 38.0 Å². The summed E-state index contributed by atoms with van der Waals surface area (Å²) in [6, 6.07) is 14.5. The largest absolute Gasteiger partial charge is 0.480 e. The average Bonchev–Trinajstić information content (AvgIpc) is 3.28. The fourth-order valence-corrected chi connectivity index (χ4v) is 8.95. The van der Waals surface area contributed by atoms with Crippen molar-refractivity contribution in [1.82, 2.24) is 9.80 Å². The number of hydrogen-bond acceptors (Lipinski definition) is 11. The minimum atomic E-state index is -4.73. The van der Waals surface area contributed by atoms with Gasteiger partial charge in [-0.2, -0.15) is 8.42 Å². The number of nitrogens with one attached hydrogen (secondary N) is 3. The number of amides is 4. The summed E-state index contributed by atoms with van der Waals surface area (Å²) < 4.78 is 42.6. The number of anilines is 4. The first-order valence-corrected chi connectivity index (χ1v) is 22.8. The van der Waals surface area contributed by atoms with E-state index in [-0.39, 0.29) is 16.2 Å². The number of hydrogen-bond donors (Lipinski definition) is 8. The SMILES string of the molecule is Cc1c(C)c(NC(=O)N(CC(=O)O)CC(=O)O)c(C)c(C)c1/N=c1\ccc2c(-c3ccccc3S(=O)(=O)O)c3ccc(Nc4c(C)c(C)c(NC(=O)N(CC(=O)O)CC(=O)O)c(C)c4C)cc3oc-2c1. The van der Waals surface area contributed by atoms with Gasteiger partial charge >= 0.3 is 35.9 Å². The van der Waals surface area contributed by atoms with Gasteiger partial charge in [0.2, 0.25) is 0 Å². The van der Waals surface area contributed by atoms with Crippen LogP contribution in [0.3, 0.4) is 0 Å². The van der Waals surface area contributed by atoms with Crippen LogP contribution in [0.2, 0.25) is 0 Å². The molecule has 0 bridgehead atoms. The molecule has 20 nitrogen and oxygen atoms in total. The lowest BCUT2D eigenvalue weighted by Crippen LogP contribution is -2.42. The molecule has 0 radical (unpaired) electrons. The Balaban J connectivity index is 1.48. The van der Waals surface area contributed by atoms with Crippen molar-refractivity contribution in [2.45, 2.75) is 60.3 Å². The maximum Gasteiger partial charge on any atom is 0.323 e. The molecule has 70 heavy (non-hydrogen) atoms. The van der Waals surface area contributed by atoms with Crippen molar-refractivity contribution in [3.8, 4) is 22.5 Å². The van der Waals surface area contributed by atoms with Crippen molar-refractivity contribution in [1.29, 1.82) is 0 Å². The highest BCUT2D eigenvalue weighted by molar-refractivity contribution is 7.86. The van der Waals surface area contributed by atoms with Gasteiger partial charge in [-0.1, -0.05) is 18.2 Å². The van der Waals surface area contributed by atoms with Gasteiger partial charge in [0.15, 0.2) is 0 Å². The van der Waals surface area contributed by atoms with Crippen LogP contribution in [0.15, 0.2) is 75.0 Å². The first-order chi connectivity index (χ1) is 32.8. The summed E-state index contributed by atoms with van der Waals surface area (Å²) in [6.45, 7) is 10.9. The van der Waals surface area contributed by atoms with E-state index in [1.807, 2.05) is 13.8 Å². The van der Waals surface area contributed by atoms with E-state index < -0.39 is 72.2 Å². The molecule has 4 amide bonds. The Morgan fingerprint density at radius 1 is 0.571 bits per heavy atom. The van der Waals surface area contributed by atoms with E-state index in [1.165, 1.54) is 12.1 Å². The molecule has 0 fully saturated rings. The third-order valence-corrected chi connectivity index (χ3v) is 13.1. The molecule has 6 rings (SSSR count). The Bertz CT molecular complexity index is 3250. The van der Waals surface area contributed by atoms with Gasteiger partial charge in [-0.3, -0.25) is 23.7 Å². The first-order valence-electron chi connectivity index (χ1n) is 21.4. The minimum Gasteiger partial charge on any atom is -0.480 e. The lowest BCUT2D eigenvalue weighted by Gasteiger charge is -2.25. The van der Waals surface area contributed by atoms with E-state index in [2.05, 4.69) is 16.0 Å². The first kappa shape index (κ1) is 51.1. The maximum atomic E-state index is 13.2. The van der Waals surface area contributed by atoms with Crippen molar-refractivity contribution in [3.63, 3.8) is 0 Å². The molecule has 1 aliphatic heterocycles. The van der Waals surface area contributed by atoms with Gasteiger partial charge in [-0.15, -0.1) is 0 Å². The van der Waals surface area contributed by atoms with Gasteiger partial charge in [-0.05, 0) is 130 Å². The fraction of sp³-hybridized carbons (Fsp3) is 0.245. The molecule has 0 aromatic heterocycles. The molecule has 0 unspecified atom stereocenters. The van der Waals surface area contributed by atoms with E-state index >= 15 is 0 Å². The Kier molecular flexibility index (Phi) is 14.7. The summed E-state index contributed by atoms with van der Waals surface area (Å²) in [5, 5.41) is 46.9. The normalized spacial score (nSPS) is 11.6. The molecule has 0 spiro atoms. The van der Waals surface area contributed by atoms with Crippen molar-refractivity contribution in [3.05, 3.63) is 111 Å². The van der Waals surface area contributed by atoms with Crippen LogP contribution < -0.4 is 21.3 Å². The van der Waals surface area contributed by atoms with Crippen LogP contribution in [0.5, 0.6) is 0 Å². The van der Waals surface area contributed by atoms with Crippen LogP contribution in [-0.2, 0) is 29.3 Å². The van der Waals surface area contributed by atoms with Gasteiger partial charge in [0.25, 0.3) is 10.1 Å². The molecule has 21 heteroatoms. The third-order valence-electron chi connectivity index (χ3n) is 12.2. The monoisotopic (exact) mass is 978 g/mol. The molecule has 0 atom stereocenters. The summed E-state index contributed by atoms with van der Waals surface area (Å²) in [4.78, 5) is 77.9. The van der Waals surface area contributed by atoms with Gasteiger partial charge in [0.05, 0.1) is 11.0 Å². The molecular formula is C49H50N6O14S. The number of carbonyl (C=O) groups excluding carboxylic acids is 2. The Labute approximate surface area is 401 Å². The lowest BCUT2D eigenvalue weighted by molar-refractivity contribution is -0.142. The van der Waals surface area contributed by atoms with Crippen molar-refractivity contribution in [2.75, 3.05) is 42.1 Å². The second kappa shape index (κ2) is 20.1. The Hall–Kier alpha value is -8.30. The summed E-state index contributed by atoms with van der Waals surface area (Å²) in [5.41, 5.74) is 9.05. The highest BCUT2D eigenvalue weighted by Gasteiger charge is 2.27. The number of carboxylic acids is 4. The van der Waals surface area contributed by atoms with Crippen LogP contribution in [-0.4, -0.2) is 105 Å². The fourth-order valence-electron chi connectivity index (χ4n) is 8.25. The summed E-state index contributed by atoms with van der Waals surface area (Å²) >= 11 is 0. The van der Waals surface area contributed by atoms with E-state index in [9.17, 15) is 62.2 Å². The molecule has 1 heterocycles. The highest BCUT2D eigenvalue weighted by atomic mass is 32.2. The molecule has 8 N–H and O–H groups in total. The number of carboxylic acid groups (broad SMARTS) is 4. The van der Waals surface area contributed by atoms with Gasteiger partial charge in [0.1, 0.15) is 42.4 Å². The summed E-state index contributed by atoms with van der Waals surface area (Å²) in [6.07, 6.45) is 0. The third kappa shape index (κ3) is 10.7. The number of carbonyl (C=O) groups is 6. The number of nitrogens with zero attached hydrogens (tertiary/aromatic N) is 3. The molecule has 1 aliphatic carbocycles. The van der Waals surface area contributed by atoms with Crippen molar-refractivity contribution in [2.24, 2.45) is 4.99 Å². The van der Waals surface area contributed by atoms with Gasteiger partial charge in [0, 0.05) is 57.0 Å². The van der Waals surface area contributed by atoms with Crippen LogP contribution >= 0.6 is 0 Å². The second-order valence-electron chi connectivity index (χ2n) is 16.7. The van der Waals surface area contributed by atoms with Gasteiger partial charge < -0.3 is 50.6 Å². The molecule has 366 valence electrons. The number of rotatable bonds is 15. The number of aliphatic carboxylic acids is 4. The molecule has 0 saturated heterocycles. The summed E-state index contributed by atoms with van der Waals surface area (Å²) in [7, 11) is -4.73. The minimum absolute atomic E-state index is 0.197. The zero-order valence-corrected chi connectivity index (χ0v) is 40.1. The predicted octanol–water partition coefficient (Wildman–Crippen LogP) is 7.90. The average molecular weight is 979 g/mol. The molecule has 4 aromatic rings. The Morgan fingerprint density at radius 3 is 1.50 bits per heavy atom. The lowest BCUT2D eigenvalue weighted by atomic mass is 9.93. The van der Waals surface area contributed by atoms with E-state index in [1.54, 1.807) is 90.1 Å². The van der Waals surface area contributed by atoms with E-state index in [0.717, 1.165) is 0 Å². The summed E-state index contributed by atoms with van der Waals surface area (Å²) in [5.74, 6) is -5.25. The standard InChI is InChI=1S/C49H50N6O14S/c1-23-27(5)46(52-48(64)54(19-39(56)57)20-40(58)59)28(6)24(2)44(23)50-31-13-15-33-36(17-31)69-37-18-32(14-16-34(37)43(33)35-11-9-10-12-38(35)70(66,67)68)51-45-25(3)29(7)47(30(8)26(45)4)53-49(65)55(21-41(60)61)22-42(62)63/h9-18,50H,19-22H2,1-8H3,(H,52,64)(H,53,65)(H,56,57)(H,58,59)(H,60,61)(H,62,63)(H,66,67,68)/b51-32+. The second-order valence-corrected chi connectivity index (χ2v) is 18.1. The topological polar surface area (TPSA) is 306 Å². The number of fused-ring (bicyclic) bond motifs is 2. The van der Waals surface area contributed by atoms with Crippen LogP contribution in [0.1, 0.15) is 44.5 Å². The predicted molar refractivity (Wildman–Crippen MR) is 259 cm³/mol.